The first kappa shape index (κ1) is 18.9. The molecule has 3 rings (SSSR count). The van der Waals surface area contributed by atoms with E-state index in [1.165, 1.54) is 10.9 Å². The SMILES string of the molecule is O=C(CCn1cnc2ccccc2c1=O)N1CCC(C(=O)O)(C(F)(F)F)C1. The van der Waals surface area contributed by atoms with Crippen LogP contribution in [0.3, 0.4) is 0 Å². The molecule has 2 heterocycles. The molecule has 1 aromatic carbocycles. The number of nitrogens with zero attached hydrogens (tertiary/aromatic N) is 3. The van der Waals surface area contributed by atoms with E-state index in [4.69, 9.17) is 5.11 Å². The van der Waals surface area contributed by atoms with Gasteiger partial charge in [-0.25, -0.2) is 4.98 Å². The van der Waals surface area contributed by atoms with E-state index in [2.05, 4.69) is 4.98 Å². The normalized spacial score (nSPS) is 20.2. The summed E-state index contributed by atoms with van der Waals surface area (Å²) in [6, 6.07) is 6.66. The molecule has 0 aliphatic carbocycles. The number of benzene rings is 1. The number of likely N-dealkylation sites (tertiary alicyclic amines) is 1. The van der Waals surface area contributed by atoms with Crippen molar-refractivity contribution in [3.05, 3.63) is 40.9 Å². The second kappa shape index (κ2) is 6.67. The Hall–Kier alpha value is -2.91. The topological polar surface area (TPSA) is 92.5 Å². The van der Waals surface area contributed by atoms with E-state index in [1.54, 1.807) is 24.3 Å². The zero-order valence-corrected chi connectivity index (χ0v) is 14.1. The molecule has 1 fully saturated rings. The Morgan fingerprint density at radius 3 is 2.59 bits per heavy atom. The molecule has 0 saturated carbocycles. The van der Waals surface area contributed by atoms with Gasteiger partial charge in [0.15, 0.2) is 5.41 Å². The van der Waals surface area contributed by atoms with Crippen molar-refractivity contribution >= 4 is 22.8 Å². The van der Waals surface area contributed by atoms with Crippen molar-refractivity contribution in [1.82, 2.24) is 14.5 Å². The van der Waals surface area contributed by atoms with E-state index < -0.39 is 36.4 Å². The van der Waals surface area contributed by atoms with Gasteiger partial charge >= 0.3 is 12.1 Å². The maximum atomic E-state index is 13.2. The van der Waals surface area contributed by atoms with Gasteiger partial charge in [0.1, 0.15) is 0 Å². The molecule has 1 N–H and O–H groups in total. The third-order valence-electron chi connectivity index (χ3n) is 4.87. The quantitative estimate of drug-likeness (QED) is 0.867. The largest absolute Gasteiger partial charge is 0.481 e. The predicted octanol–water partition coefficient (Wildman–Crippen LogP) is 1.65. The first-order valence-electron chi connectivity index (χ1n) is 8.18. The number of carboxylic acids is 1. The third-order valence-corrected chi connectivity index (χ3v) is 4.87. The standard InChI is InChI=1S/C17H16F3N3O4/c18-17(19,20)16(15(26)27)6-8-22(9-16)13(24)5-7-23-10-21-12-4-2-1-3-11(12)14(23)25/h1-4,10H,5-9H2,(H,26,27). The summed E-state index contributed by atoms with van der Waals surface area (Å²) in [5.41, 5.74) is -2.80. The molecule has 1 aliphatic rings. The van der Waals surface area contributed by atoms with Crippen molar-refractivity contribution in [2.24, 2.45) is 5.41 Å². The Balaban J connectivity index is 1.71. The van der Waals surface area contributed by atoms with Gasteiger partial charge in [0.25, 0.3) is 5.56 Å². The van der Waals surface area contributed by atoms with Crippen LogP contribution in [0.4, 0.5) is 13.2 Å². The van der Waals surface area contributed by atoms with Crippen LogP contribution in [0.25, 0.3) is 10.9 Å². The van der Waals surface area contributed by atoms with E-state index >= 15 is 0 Å². The van der Waals surface area contributed by atoms with Gasteiger partial charge in [0, 0.05) is 26.1 Å². The Kier molecular flexibility index (Phi) is 4.66. The molecule has 10 heteroatoms. The summed E-state index contributed by atoms with van der Waals surface area (Å²) in [5, 5.41) is 9.40. The summed E-state index contributed by atoms with van der Waals surface area (Å²) in [6.45, 7) is -1.27. The molecule has 0 spiro atoms. The minimum atomic E-state index is -4.95. The van der Waals surface area contributed by atoms with Gasteiger partial charge in [0.05, 0.1) is 17.2 Å². The smallest absolute Gasteiger partial charge is 0.406 e. The summed E-state index contributed by atoms with van der Waals surface area (Å²) in [6.07, 6.45) is -4.59. The van der Waals surface area contributed by atoms with Gasteiger partial charge in [-0.1, -0.05) is 12.1 Å². The van der Waals surface area contributed by atoms with Crippen molar-refractivity contribution < 1.29 is 27.9 Å². The van der Waals surface area contributed by atoms with Gasteiger partial charge in [-0.2, -0.15) is 13.2 Å². The molecule has 1 aliphatic heterocycles. The lowest BCUT2D eigenvalue weighted by Crippen LogP contribution is -2.47. The first-order valence-corrected chi connectivity index (χ1v) is 8.18. The van der Waals surface area contributed by atoms with Crippen LogP contribution < -0.4 is 5.56 Å². The van der Waals surface area contributed by atoms with Crippen LogP contribution in [0, 0.1) is 5.41 Å². The van der Waals surface area contributed by atoms with Crippen molar-refractivity contribution in [2.75, 3.05) is 13.1 Å². The van der Waals surface area contributed by atoms with E-state index in [0.717, 1.165) is 4.90 Å². The third kappa shape index (κ3) is 3.26. The second-order valence-electron chi connectivity index (χ2n) is 6.46. The highest BCUT2D eigenvalue weighted by atomic mass is 19.4. The number of aryl methyl sites for hydroxylation is 1. The van der Waals surface area contributed by atoms with E-state index in [-0.39, 0.29) is 25.1 Å². The number of aliphatic carboxylic acids is 1. The number of aromatic nitrogens is 2. The molecule has 27 heavy (non-hydrogen) atoms. The lowest BCUT2D eigenvalue weighted by atomic mass is 9.86. The van der Waals surface area contributed by atoms with Crippen LogP contribution in [-0.2, 0) is 16.1 Å². The molecule has 0 radical (unpaired) electrons. The van der Waals surface area contributed by atoms with Crippen LogP contribution >= 0.6 is 0 Å². The summed E-state index contributed by atoms with van der Waals surface area (Å²) < 4.78 is 40.8. The summed E-state index contributed by atoms with van der Waals surface area (Å²) in [5.74, 6) is -2.62. The number of fused-ring (bicyclic) bond motifs is 1. The molecule has 144 valence electrons. The molecule has 1 amide bonds. The fourth-order valence-corrected chi connectivity index (χ4v) is 3.19. The predicted molar refractivity (Wildman–Crippen MR) is 87.9 cm³/mol. The number of amides is 1. The number of carbonyl (C=O) groups excluding carboxylic acids is 1. The highest BCUT2D eigenvalue weighted by Gasteiger charge is 2.64. The van der Waals surface area contributed by atoms with Gasteiger partial charge in [-0.3, -0.25) is 19.0 Å². The summed E-state index contributed by atoms with van der Waals surface area (Å²) in [4.78, 5) is 40.8. The van der Waals surface area contributed by atoms with E-state index in [0.29, 0.717) is 10.9 Å². The zero-order valence-electron chi connectivity index (χ0n) is 14.1. The van der Waals surface area contributed by atoms with Gasteiger partial charge in [0.2, 0.25) is 5.91 Å². The molecule has 1 atom stereocenters. The van der Waals surface area contributed by atoms with Crippen molar-refractivity contribution in [2.45, 2.75) is 25.6 Å². The fourth-order valence-electron chi connectivity index (χ4n) is 3.19. The average molecular weight is 383 g/mol. The van der Waals surface area contributed by atoms with E-state index in [1.807, 2.05) is 0 Å². The molecule has 2 aromatic rings. The number of carbonyl (C=O) groups is 2. The Morgan fingerprint density at radius 2 is 1.96 bits per heavy atom. The Morgan fingerprint density at radius 1 is 1.26 bits per heavy atom. The van der Waals surface area contributed by atoms with Gasteiger partial charge in [-0.05, 0) is 18.6 Å². The van der Waals surface area contributed by atoms with Crippen LogP contribution in [0.1, 0.15) is 12.8 Å². The van der Waals surface area contributed by atoms with E-state index in [9.17, 15) is 27.6 Å². The Bertz CT molecular complexity index is 956. The molecular formula is C17H16F3N3O4. The molecule has 1 aromatic heterocycles. The zero-order chi connectivity index (χ0) is 19.8. The highest BCUT2D eigenvalue weighted by molar-refractivity contribution is 5.81. The maximum Gasteiger partial charge on any atom is 0.406 e. The lowest BCUT2D eigenvalue weighted by Gasteiger charge is -2.27. The van der Waals surface area contributed by atoms with Crippen LogP contribution in [0.2, 0.25) is 0 Å². The summed E-state index contributed by atoms with van der Waals surface area (Å²) in [7, 11) is 0. The summed E-state index contributed by atoms with van der Waals surface area (Å²) >= 11 is 0. The first-order chi connectivity index (χ1) is 12.7. The Labute approximate surface area is 151 Å². The maximum absolute atomic E-state index is 13.2. The minimum absolute atomic E-state index is 0.0575. The highest BCUT2D eigenvalue weighted by Crippen LogP contribution is 2.45. The number of hydrogen-bond acceptors (Lipinski definition) is 4. The molecule has 0 bridgehead atoms. The minimum Gasteiger partial charge on any atom is -0.481 e. The number of para-hydroxylation sites is 1. The lowest BCUT2D eigenvalue weighted by molar-refractivity contribution is -0.227. The number of carboxylic acid groups (broad SMARTS) is 1. The number of hydrogen-bond donors (Lipinski definition) is 1. The monoisotopic (exact) mass is 383 g/mol. The van der Waals surface area contributed by atoms with Gasteiger partial charge < -0.3 is 10.0 Å². The average Bonchev–Trinajstić information content (AvgIpc) is 3.08. The number of rotatable bonds is 4. The molecule has 7 nitrogen and oxygen atoms in total. The molecule has 1 unspecified atom stereocenters. The van der Waals surface area contributed by atoms with Crippen LogP contribution in [-0.4, -0.2) is 50.7 Å². The fraction of sp³-hybridized carbons (Fsp3) is 0.412. The van der Waals surface area contributed by atoms with Crippen molar-refractivity contribution in [3.8, 4) is 0 Å². The van der Waals surface area contributed by atoms with Crippen LogP contribution in [0.5, 0.6) is 0 Å². The number of halogens is 3. The van der Waals surface area contributed by atoms with Crippen molar-refractivity contribution in [1.29, 1.82) is 0 Å². The van der Waals surface area contributed by atoms with Crippen molar-refractivity contribution in [3.63, 3.8) is 0 Å². The molecular weight excluding hydrogens is 367 g/mol. The van der Waals surface area contributed by atoms with Crippen LogP contribution in [0.15, 0.2) is 35.4 Å². The van der Waals surface area contributed by atoms with Gasteiger partial charge in [-0.15, -0.1) is 0 Å². The molecule has 1 saturated heterocycles. The second-order valence-corrected chi connectivity index (χ2v) is 6.46. The number of alkyl halides is 3.